The number of nitrogens with one attached hydrogen (secondary N) is 1. The van der Waals surface area contributed by atoms with Crippen LogP contribution in [-0.2, 0) is 12.8 Å². The molecule has 4 rings (SSSR count). The van der Waals surface area contributed by atoms with Crippen LogP contribution in [0.1, 0.15) is 46.0 Å². The first-order valence-corrected chi connectivity index (χ1v) is 8.65. The Labute approximate surface area is 150 Å². The minimum absolute atomic E-state index is 0.279. The average Bonchev–Trinajstić information content (AvgIpc) is 3.18. The van der Waals surface area contributed by atoms with Gasteiger partial charge in [0.05, 0.1) is 5.69 Å². The summed E-state index contributed by atoms with van der Waals surface area (Å²) >= 11 is 0. The molecule has 0 saturated carbocycles. The summed E-state index contributed by atoms with van der Waals surface area (Å²) in [6.45, 7) is 3.53. The van der Waals surface area contributed by atoms with Crippen LogP contribution in [0.5, 0.6) is 0 Å². The zero-order valence-electron chi connectivity index (χ0n) is 14.7. The van der Waals surface area contributed by atoms with Gasteiger partial charge in [-0.05, 0) is 63.8 Å². The molecule has 0 atom stereocenters. The van der Waals surface area contributed by atoms with Crippen molar-refractivity contribution in [2.75, 3.05) is 5.32 Å². The highest BCUT2D eigenvalue weighted by Gasteiger charge is 2.26. The second-order valence-corrected chi connectivity index (χ2v) is 6.52. The van der Waals surface area contributed by atoms with Crippen LogP contribution in [0.4, 0.5) is 10.1 Å². The molecule has 0 unspecified atom stereocenters. The first kappa shape index (κ1) is 16.5. The largest absolute Gasteiger partial charge is 0.359 e. The number of rotatable bonds is 3. The molecule has 1 aliphatic rings. The van der Waals surface area contributed by atoms with Crippen molar-refractivity contribution >= 4 is 11.6 Å². The van der Waals surface area contributed by atoms with E-state index in [9.17, 15) is 9.18 Å². The van der Waals surface area contributed by atoms with Crippen molar-refractivity contribution < 1.29 is 13.7 Å². The van der Waals surface area contributed by atoms with Crippen molar-refractivity contribution in [2.45, 2.75) is 39.5 Å². The SMILES string of the molecule is Cc1noc(C)c1NC(=O)c1nn(-c2ccc(F)cc2)c2c1CCCC2. The molecular formula is C19H19FN4O2. The van der Waals surface area contributed by atoms with Crippen molar-refractivity contribution in [3.63, 3.8) is 0 Å². The summed E-state index contributed by atoms with van der Waals surface area (Å²) in [5.41, 5.74) is 4.35. The van der Waals surface area contributed by atoms with Crippen LogP contribution in [0.2, 0.25) is 0 Å². The number of amides is 1. The molecule has 3 aromatic rings. The fourth-order valence-corrected chi connectivity index (χ4v) is 3.41. The third kappa shape index (κ3) is 2.79. The molecule has 2 heterocycles. The zero-order chi connectivity index (χ0) is 18.3. The number of halogens is 1. The molecule has 26 heavy (non-hydrogen) atoms. The van der Waals surface area contributed by atoms with Gasteiger partial charge in [0, 0.05) is 11.3 Å². The second-order valence-electron chi connectivity index (χ2n) is 6.52. The highest BCUT2D eigenvalue weighted by atomic mass is 19.1. The number of hydrogen-bond acceptors (Lipinski definition) is 4. The van der Waals surface area contributed by atoms with Crippen molar-refractivity contribution in [1.29, 1.82) is 0 Å². The van der Waals surface area contributed by atoms with E-state index in [0.29, 0.717) is 22.8 Å². The van der Waals surface area contributed by atoms with Crippen molar-refractivity contribution in [2.24, 2.45) is 0 Å². The Kier molecular flexibility index (Phi) is 4.06. The topological polar surface area (TPSA) is 73.0 Å². The normalized spacial score (nSPS) is 13.5. The summed E-state index contributed by atoms with van der Waals surface area (Å²) in [6, 6.07) is 6.14. The third-order valence-corrected chi connectivity index (χ3v) is 4.74. The lowest BCUT2D eigenvalue weighted by molar-refractivity contribution is 0.102. The summed E-state index contributed by atoms with van der Waals surface area (Å²) in [4.78, 5) is 12.9. The molecule has 1 amide bonds. The van der Waals surface area contributed by atoms with Crippen molar-refractivity contribution in [3.8, 4) is 5.69 Å². The Hall–Kier alpha value is -2.96. The number of nitrogens with zero attached hydrogens (tertiary/aromatic N) is 3. The van der Waals surface area contributed by atoms with E-state index in [1.54, 1.807) is 30.7 Å². The standard InChI is InChI=1S/C19H19FN4O2/c1-11-17(12(2)26-23-11)21-19(25)18-15-5-3-4-6-16(15)24(22-18)14-9-7-13(20)8-10-14/h7-10H,3-6H2,1-2H3,(H,21,25). The highest BCUT2D eigenvalue weighted by molar-refractivity contribution is 6.04. The van der Waals surface area contributed by atoms with Crippen LogP contribution in [0, 0.1) is 19.7 Å². The molecule has 2 aromatic heterocycles. The molecule has 1 aromatic carbocycles. The number of carbonyl (C=O) groups is 1. The van der Waals surface area contributed by atoms with E-state index in [4.69, 9.17) is 4.52 Å². The van der Waals surface area contributed by atoms with Gasteiger partial charge in [0.2, 0.25) is 0 Å². The molecule has 0 spiro atoms. The number of aromatic nitrogens is 3. The van der Waals surface area contributed by atoms with Gasteiger partial charge in [0.1, 0.15) is 17.2 Å². The lowest BCUT2D eigenvalue weighted by Gasteiger charge is -2.14. The zero-order valence-corrected chi connectivity index (χ0v) is 14.7. The summed E-state index contributed by atoms with van der Waals surface area (Å²) < 4.78 is 20.1. The van der Waals surface area contributed by atoms with Gasteiger partial charge in [0.25, 0.3) is 5.91 Å². The van der Waals surface area contributed by atoms with E-state index in [0.717, 1.165) is 42.6 Å². The average molecular weight is 354 g/mol. The van der Waals surface area contributed by atoms with Gasteiger partial charge in [-0.1, -0.05) is 5.16 Å². The Morgan fingerprint density at radius 1 is 1.19 bits per heavy atom. The maximum atomic E-state index is 13.3. The molecule has 0 aliphatic heterocycles. The summed E-state index contributed by atoms with van der Waals surface area (Å²) in [5.74, 6) is -0.0211. The van der Waals surface area contributed by atoms with Gasteiger partial charge in [-0.15, -0.1) is 0 Å². The van der Waals surface area contributed by atoms with Crippen LogP contribution in [0.15, 0.2) is 28.8 Å². The van der Waals surface area contributed by atoms with E-state index >= 15 is 0 Å². The predicted octanol–water partition coefficient (Wildman–Crippen LogP) is 3.75. The van der Waals surface area contributed by atoms with Gasteiger partial charge in [-0.25, -0.2) is 9.07 Å². The Bertz CT molecular complexity index is 953. The number of anilines is 1. The van der Waals surface area contributed by atoms with E-state index in [-0.39, 0.29) is 11.7 Å². The van der Waals surface area contributed by atoms with Crippen LogP contribution in [0.3, 0.4) is 0 Å². The van der Waals surface area contributed by atoms with Crippen molar-refractivity contribution in [1.82, 2.24) is 14.9 Å². The smallest absolute Gasteiger partial charge is 0.276 e. The molecule has 0 radical (unpaired) electrons. The van der Waals surface area contributed by atoms with E-state index in [1.807, 2.05) is 0 Å². The van der Waals surface area contributed by atoms with E-state index in [1.165, 1.54) is 12.1 Å². The minimum Gasteiger partial charge on any atom is -0.359 e. The van der Waals surface area contributed by atoms with Crippen molar-refractivity contribution in [3.05, 3.63) is 58.5 Å². The predicted molar refractivity (Wildman–Crippen MR) is 94.1 cm³/mol. The summed E-state index contributed by atoms with van der Waals surface area (Å²) in [5, 5.41) is 11.3. The molecule has 1 N–H and O–H groups in total. The Morgan fingerprint density at radius 2 is 1.92 bits per heavy atom. The fraction of sp³-hybridized carbons (Fsp3) is 0.316. The maximum absolute atomic E-state index is 13.3. The summed E-state index contributed by atoms with van der Waals surface area (Å²) in [6.07, 6.45) is 3.72. The molecule has 0 bridgehead atoms. The molecule has 7 heteroatoms. The molecule has 6 nitrogen and oxygen atoms in total. The Morgan fingerprint density at radius 3 is 2.62 bits per heavy atom. The number of hydrogen-bond donors (Lipinski definition) is 1. The van der Waals surface area contributed by atoms with Crippen LogP contribution in [-0.4, -0.2) is 20.8 Å². The number of benzene rings is 1. The minimum atomic E-state index is -0.300. The Balaban J connectivity index is 1.74. The summed E-state index contributed by atoms with van der Waals surface area (Å²) in [7, 11) is 0. The van der Waals surface area contributed by atoms with Gasteiger partial charge in [-0.2, -0.15) is 5.10 Å². The third-order valence-electron chi connectivity index (χ3n) is 4.74. The molecule has 0 saturated heterocycles. The lowest BCUT2D eigenvalue weighted by Crippen LogP contribution is -2.16. The molecular weight excluding hydrogens is 335 g/mol. The number of carbonyl (C=O) groups excluding carboxylic acids is 1. The number of aryl methyl sites for hydroxylation is 2. The first-order chi connectivity index (χ1) is 12.5. The highest BCUT2D eigenvalue weighted by Crippen LogP contribution is 2.28. The second kappa shape index (κ2) is 6.40. The van der Waals surface area contributed by atoms with E-state index < -0.39 is 0 Å². The quantitative estimate of drug-likeness (QED) is 0.777. The number of fused-ring (bicyclic) bond motifs is 1. The van der Waals surface area contributed by atoms with Crippen LogP contribution in [0.25, 0.3) is 5.69 Å². The van der Waals surface area contributed by atoms with E-state index in [2.05, 4.69) is 15.6 Å². The van der Waals surface area contributed by atoms with Crippen LogP contribution >= 0.6 is 0 Å². The van der Waals surface area contributed by atoms with Gasteiger partial charge < -0.3 is 9.84 Å². The first-order valence-electron chi connectivity index (χ1n) is 8.65. The fourth-order valence-electron chi connectivity index (χ4n) is 3.41. The monoisotopic (exact) mass is 354 g/mol. The maximum Gasteiger partial charge on any atom is 0.276 e. The molecule has 1 aliphatic carbocycles. The van der Waals surface area contributed by atoms with Gasteiger partial charge in [-0.3, -0.25) is 4.79 Å². The van der Waals surface area contributed by atoms with Gasteiger partial charge in [0.15, 0.2) is 11.5 Å². The van der Waals surface area contributed by atoms with Gasteiger partial charge >= 0.3 is 0 Å². The molecule has 134 valence electrons. The van der Waals surface area contributed by atoms with Crippen LogP contribution < -0.4 is 5.32 Å². The lowest BCUT2D eigenvalue weighted by atomic mass is 9.95. The molecule has 0 fully saturated rings.